The van der Waals surface area contributed by atoms with E-state index in [0.717, 1.165) is 35.8 Å². The number of aromatic nitrogens is 1. The number of pyridine rings is 1. The highest BCUT2D eigenvalue weighted by Gasteiger charge is 2.04. The van der Waals surface area contributed by atoms with E-state index in [4.69, 9.17) is 9.47 Å². The number of rotatable bonds is 6. The molecule has 0 atom stereocenters. The van der Waals surface area contributed by atoms with Crippen LogP contribution in [0.25, 0.3) is 0 Å². The van der Waals surface area contributed by atoms with E-state index in [1.165, 1.54) is 0 Å². The van der Waals surface area contributed by atoms with Crippen LogP contribution in [-0.2, 0) is 13.1 Å². The average molecular weight is 258 g/mol. The second-order valence-electron chi connectivity index (χ2n) is 4.10. The minimum absolute atomic E-state index is 0.726. The summed E-state index contributed by atoms with van der Waals surface area (Å²) in [6.07, 6.45) is 1.80. The Kier molecular flexibility index (Phi) is 4.75. The van der Waals surface area contributed by atoms with Crippen molar-refractivity contribution in [3.63, 3.8) is 0 Å². The van der Waals surface area contributed by atoms with Crippen molar-refractivity contribution < 1.29 is 9.47 Å². The maximum atomic E-state index is 5.35. The molecule has 0 aliphatic carbocycles. The number of benzene rings is 1. The van der Waals surface area contributed by atoms with Crippen molar-refractivity contribution in [2.45, 2.75) is 13.1 Å². The molecular formula is C15H18N2O2. The van der Waals surface area contributed by atoms with Gasteiger partial charge in [-0.3, -0.25) is 4.98 Å². The summed E-state index contributed by atoms with van der Waals surface area (Å²) in [5.41, 5.74) is 2.12. The van der Waals surface area contributed by atoms with Crippen molar-refractivity contribution in [1.82, 2.24) is 10.3 Å². The van der Waals surface area contributed by atoms with Gasteiger partial charge in [-0.25, -0.2) is 0 Å². The first-order valence-electron chi connectivity index (χ1n) is 6.15. The lowest BCUT2D eigenvalue weighted by Crippen LogP contribution is -2.14. The molecule has 2 rings (SSSR count). The van der Waals surface area contributed by atoms with Gasteiger partial charge in [0.15, 0.2) is 0 Å². The van der Waals surface area contributed by atoms with Crippen molar-refractivity contribution in [2.24, 2.45) is 0 Å². The second-order valence-corrected chi connectivity index (χ2v) is 4.10. The maximum absolute atomic E-state index is 5.35. The third-order valence-electron chi connectivity index (χ3n) is 2.84. The number of hydrogen-bond donors (Lipinski definition) is 1. The summed E-state index contributed by atoms with van der Waals surface area (Å²) < 4.78 is 10.5. The number of hydrogen-bond acceptors (Lipinski definition) is 4. The van der Waals surface area contributed by atoms with Crippen LogP contribution in [0.5, 0.6) is 11.5 Å². The molecule has 0 amide bonds. The predicted octanol–water partition coefficient (Wildman–Crippen LogP) is 2.39. The summed E-state index contributed by atoms with van der Waals surface area (Å²) in [6, 6.07) is 11.7. The normalized spacial score (nSPS) is 10.2. The van der Waals surface area contributed by atoms with E-state index in [0.29, 0.717) is 0 Å². The molecule has 1 N–H and O–H groups in total. The largest absolute Gasteiger partial charge is 0.497 e. The first-order chi connectivity index (χ1) is 9.33. The van der Waals surface area contributed by atoms with Crippen LogP contribution in [0.15, 0.2) is 42.6 Å². The van der Waals surface area contributed by atoms with Crippen molar-refractivity contribution in [3.05, 3.63) is 53.9 Å². The fraction of sp³-hybridized carbons (Fsp3) is 0.267. The van der Waals surface area contributed by atoms with Crippen molar-refractivity contribution >= 4 is 0 Å². The summed E-state index contributed by atoms with van der Waals surface area (Å²) in [6.45, 7) is 1.46. The zero-order valence-corrected chi connectivity index (χ0v) is 11.2. The van der Waals surface area contributed by atoms with Crippen LogP contribution in [0.3, 0.4) is 0 Å². The van der Waals surface area contributed by atoms with E-state index in [2.05, 4.69) is 10.3 Å². The minimum Gasteiger partial charge on any atom is -0.497 e. The quantitative estimate of drug-likeness (QED) is 0.864. The molecule has 0 aliphatic rings. The van der Waals surface area contributed by atoms with Crippen LogP contribution in [0, 0.1) is 0 Å². The van der Waals surface area contributed by atoms with Gasteiger partial charge in [-0.05, 0) is 18.2 Å². The van der Waals surface area contributed by atoms with Gasteiger partial charge in [0, 0.05) is 30.9 Å². The fourth-order valence-electron chi connectivity index (χ4n) is 1.83. The van der Waals surface area contributed by atoms with Crippen LogP contribution in [0.4, 0.5) is 0 Å². The van der Waals surface area contributed by atoms with Crippen LogP contribution in [0.1, 0.15) is 11.3 Å². The van der Waals surface area contributed by atoms with Gasteiger partial charge < -0.3 is 14.8 Å². The number of nitrogens with zero attached hydrogens (tertiary/aromatic N) is 1. The lowest BCUT2D eigenvalue weighted by atomic mass is 10.2. The highest BCUT2D eigenvalue weighted by molar-refractivity contribution is 5.40. The molecule has 4 heteroatoms. The van der Waals surface area contributed by atoms with Crippen molar-refractivity contribution in [2.75, 3.05) is 14.2 Å². The number of nitrogens with one attached hydrogen (secondary N) is 1. The Morgan fingerprint density at radius 1 is 1.05 bits per heavy atom. The molecule has 0 spiro atoms. The molecule has 1 heterocycles. The van der Waals surface area contributed by atoms with Crippen molar-refractivity contribution in [1.29, 1.82) is 0 Å². The van der Waals surface area contributed by atoms with Crippen molar-refractivity contribution in [3.8, 4) is 11.5 Å². The third kappa shape index (κ3) is 3.69. The van der Waals surface area contributed by atoms with E-state index in [9.17, 15) is 0 Å². The molecule has 0 fully saturated rings. The Balaban J connectivity index is 1.96. The lowest BCUT2D eigenvalue weighted by molar-refractivity contribution is 0.389. The van der Waals surface area contributed by atoms with Crippen LogP contribution in [-0.4, -0.2) is 19.2 Å². The van der Waals surface area contributed by atoms with Gasteiger partial charge in [0.25, 0.3) is 0 Å². The maximum Gasteiger partial charge on any atom is 0.127 e. The number of ether oxygens (including phenoxy) is 2. The molecule has 2 aromatic rings. The van der Waals surface area contributed by atoms with Gasteiger partial charge >= 0.3 is 0 Å². The zero-order valence-electron chi connectivity index (χ0n) is 11.2. The smallest absolute Gasteiger partial charge is 0.127 e. The summed E-state index contributed by atoms with van der Waals surface area (Å²) in [5.74, 6) is 1.62. The van der Waals surface area contributed by atoms with E-state index in [-0.39, 0.29) is 0 Å². The highest BCUT2D eigenvalue weighted by Crippen LogP contribution is 2.24. The predicted molar refractivity (Wildman–Crippen MR) is 74.3 cm³/mol. The number of methoxy groups -OCH3 is 2. The summed E-state index contributed by atoms with van der Waals surface area (Å²) in [4.78, 5) is 4.27. The molecular weight excluding hydrogens is 240 g/mol. The van der Waals surface area contributed by atoms with Gasteiger partial charge in [0.2, 0.25) is 0 Å². The molecule has 1 aromatic heterocycles. The third-order valence-corrected chi connectivity index (χ3v) is 2.84. The lowest BCUT2D eigenvalue weighted by Gasteiger charge is -2.11. The topological polar surface area (TPSA) is 43.4 Å². The van der Waals surface area contributed by atoms with Gasteiger partial charge in [-0.15, -0.1) is 0 Å². The van der Waals surface area contributed by atoms with E-state index in [1.807, 2.05) is 36.4 Å². The van der Waals surface area contributed by atoms with E-state index >= 15 is 0 Å². The molecule has 0 radical (unpaired) electrons. The first kappa shape index (κ1) is 13.4. The molecule has 0 saturated carbocycles. The summed E-state index contributed by atoms with van der Waals surface area (Å²) in [7, 11) is 3.31. The Morgan fingerprint density at radius 3 is 2.63 bits per heavy atom. The first-order valence-corrected chi connectivity index (χ1v) is 6.15. The Morgan fingerprint density at radius 2 is 1.95 bits per heavy atom. The highest BCUT2D eigenvalue weighted by atomic mass is 16.5. The second kappa shape index (κ2) is 6.75. The molecule has 0 aliphatic heterocycles. The zero-order chi connectivity index (χ0) is 13.5. The molecule has 1 aromatic carbocycles. The Bertz CT molecular complexity index is 515. The molecule has 19 heavy (non-hydrogen) atoms. The van der Waals surface area contributed by atoms with Gasteiger partial charge in [0.05, 0.1) is 19.9 Å². The molecule has 0 saturated heterocycles. The molecule has 0 bridgehead atoms. The van der Waals surface area contributed by atoms with Crippen LogP contribution in [0.2, 0.25) is 0 Å². The van der Waals surface area contributed by atoms with Gasteiger partial charge in [-0.1, -0.05) is 12.1 Å². The van der Waals surface area contributed by atoms with Crippen LogP contribution < -0.4 is 14.8 Å². The average Bonchev–Trinajstić information content (AvgIpc) is 2.48. The molecule has 100 valence electrons. The standard InChI is InChI=1S/C15H18N2O2/c1-18-14-7-6-12(15(9-14)19-2)10-16-11-13-5-3-4-8-17-13/h3-9,16H,10-11H2,1-2H3. The van der Waals surface area contributed by atoms with E-state index in [1.54, 1.807) is 20.4 Å². The van der Waals surface area contributed by atoms with Gasteiger partial charge in [0.1, 0.15) is 11.5 Å². The monoisotopic (exact) mass is 258 g/mol. The van der Waals surface area contributed by atoms with Crippen LogP contribution >= 0.6 is 0 Å². The van der Waals surface area contributed by atoms with Gasteiger partial charge in [-0.2, -0.15) is 0 Å². The Labute approximate surface area is 113 Å². The molecule has 0 unspecified atom stereocenters. The van der Waals surface area contributed by atoms with E-state index < -0.39 is 0 Å². The minimum atomic E-state index is 0.726. The summed E-state index contributed by atoms with van der Waals surface area (Å²) >= 11 is 0. The summed E-state index contributed by atoms with van der Waals surface area (Å²) in [5, 5.41) is 3.35. The fourth-order valence-corrected chi connectivity index (χ4v) is 1.83. The molecule has 4 nitrogen and oxygen atoms in total. The Hall–Kier alpha value is -2.07. The SMILES string of the molecule is COc1ccc(CNCc2ccccn2)c(OC)c1.